The normalized spacial score (nSPS) is 17.9. The molecule has 1 N–H and O–H groups in total. The number of piperidine rings is 1. The molecule has 1 aliphatic heterocycles. The number of benzene rings is 1. The molecule has 0 bridgehead atoms. The Morgan fingerprint density at radius 3 is 2.83 bits per heavy atom. The minimum Gasteiger partial charge on any atom is -0.481 e. The maximum absolute atomic E-state index is 12.5. The van der Waals surface area contributed by atoms with Gasteiger partial charge in [0.05, 0.1) is 10.9 Å². The van der Waals surface area contributed by atoms with Gasteiger partial charge in [0, 0.05) is 24.9 Å². The Hall–Kier alpha value is -2.21. The largest absolute Gasteiger partial charge is 0.481 e. The van der Waals surface area contributed by atoms with Gasteiger partial charge in [0.1, 0.15) is 5.69 Å². The molecule has 0 saturated carbocycles. The molecule has 1 amide bonds. The summed E-state index contributed by atoms with van der Waals surface area (Å²) in [6.07, 6.45) is 2.07. The van der Waals surface area contributed by atoms with Crippen LogP contribution in [-0.4, -0.2) is 40.0 Å². The van der Waals surface area contributed by atoms with Crippen LogP contribution in [0, 0.1) is 5.92 Å². The fourth-order valence-corrected chi connectivity index (χ4v) is 3.59. The lowest BCUT2D eigenvalue weighted by Gasteiger charge is -2.30. The molecule has 1 aliphatic rings. The van der Waals surface area contributed by atoms with Gasteiger partial charge in [-0.2, -0.15) is 0 Å². The average molecular weight is 330 g/mol. The number of nitrogens with zero attached hydrogens (tertiary/aromatic N) is 2. The van der Waals surface area contributed by atoms with Gasteiger partial charge in [0.2, 0.25) is 0 Å². The van der Waals surface area contributed by atoms with Gasteiger partial charge in [-0.15, -0.1) is 11.3 Å². The maximum atomic E-state index is 12.5. The van der Waals surface area contributed by atoms with Gasteiger partial charge < -0.3 is 10.0 Å². The Bertz CT molecular complexity index is 699. The van der Waals surface area contributed by atoms with E-state index in [1.807, 2.05) is 30.3 Å². The van der Waals surface area contributed by atoms with Crippen LogP contribution in [-0.2, 0) is 11.2 Å². The molecule has 0 radical (unpaired) electrons. The van der Waals surface area contributed by atoms with Crippen LogP contribution in [0.5, 0.6) is 0 Å². The Kier molecular flexibility index (Phi) is 4.71. The summed E-state index contributed by atoms with van der Waals surface area (Å²) >= 11 is 1.47. The van der Waals surface area contributed by atoms with Crippen LogP contribution >= 0.6 is 11.3 Å². The van der Waals surface area contributed by atoms with Crippen molar-refractivity contribution in [2.75, 3.05) is 13.1 Å². The highest BCUT2D eigenvalue weighted by molar-refractivity contribution is 7.09. The molecule has 120 valence electrons. The molecule has 2 aromatic rings. The van der Waals surface area contributed by atoms with E-state index in [1.165, 1.54) is 11.3 Å². The second-order valence-corrected chi connectivity index (χ2v) is 6.66. The highest BCUT2D eigenvalue weighted by Crippen LogP contribution is 2.21. The molecule has 1 aromatic heterocycles. The number of aromatic nitrogens is 1. The van der Waals surface area contributed by atoms with Crippen molar-refractivity contribution in [1.29, 1.82) is 0 Å². The Morgan fingerprint density at radius 2 is 2.09 bits per heavy atom. The lowest BCUT2D eigenvalue weighted by Crippen LogP contribution is -2.42. The summed E-state index contributed by atoms with van der Waals surface area (Å²) in [4.78, 5) is 29.7. The third-order valence-electron chi connectivity index (χ3n) is 4.03. The average Bonchev–Trinajstić information content (AvgIpc) is 3.03. The second kappa shape index (κ2) is 6.91. The Labute approximate surface area is 138 Å². The first-order chi connectivity index (χ1) is 11.1. The van der Waals surface area contributed by atoms with Crippen LogP contribution in [0.1, 0.15) is 33.9 Å². The number of carboxylic acids is 1. The van der Waals surface area contributed by atoms with Crippen LogP contribution in [0.4, 0.5) is 0 Å². The summed E-state index contributed by atoms with van der Waals surface area (Å²) in [5.41, 5.74) is 1.58. The molecular weight excluding hydrogens is 312 g/mol. The molecule has 0 unspecified atom stereocenters. The predicted octanol–water partition coefficient (Wildman–Crippen LogP) is 2.67. The van der Waals surface area contributed by atoms with Gasteiger partial charge in [-0.25, -0.2) is 4.98 Å². The van der Waals surface area contributed by atoms with Crippen molar-refractivity contribution >= 4 is 23.2 Å². The molecule has 1 atom stereocenters. The molecule has 0 aliphatic carbocycles. The van der Waals surface area contributed by atoms with E-state index in [2.05, 4.69) is 4.98 Å². The number of thiazole rings is 1. The summed E-state index contributed by atoms with van der Waals surface area (Å²) in [6, 6.07) is 10.00. The maximum Gasteiger partial charge on any atom is 0.308 e. The molecule has 6 heteroatoms. The van der Waals surface area contributed by atoms with E-state index in [0.717, 1.165) is 17.0 Å². The van der Waals surface area contributed by atoms with Crippen molar-refractivity contribution in [3.05, 3.63) is 52.0 Å². The van der Waals surface area contributed by atoms with Crippen LogP contribution < -0.4 is 0 Å². The number of hydrogen-bond donors (Lipinski definition) is 1. The van der Waals surface area contributed by atoms with E-state index in [0.29, 0.717) is 25.1 Å². The van der Waals surface area contributed by atoms with E-state index in [9.17, 15) is 9.59 Å². The SMILES string of the molecule is O=C(O)[C@H]1CCCN(C(=O)c2csc(Cc3ccccc3)n2)C1. The summed E-state index contributed by atoms with van der Waals surface area (Å²) in [6.45, 7) is 0.883. The van der Waals surface area contributed by atoms with Crippen LogP contribution in [0.3, 0.4) is 0 Å². The summed E-state index contributed by atoms with van der Waals surface area (Å²) in [5.74, 6) is -1.45. The first-order valence-corrected chi connectivity index (χ1v) is 8.52. The Balaban J connectivity index is 1.67. The minimum absolute atomic E-state index is 0.161. The first-order valence-electron chi connectivity index (χ1n) is 7.64. The summed E-state index contributed by atoms with van der Waals surface area (Å²) < 4.78 is 0. The topological polar surface area (TPSA) is 70.5 Å². The zero-order valence-corrected chi connectivity index (χ0v) is 13.5. The van der Waals surface area contributed by atoms with E-state index < -0.39 is 11.9 Å². The van der Waals surface area contributed by atoms with E-state index >= 15 is 0 Å². The van der Waals surface area contributed by atoms with Crippen molar-refractivity contribution in [3.63, 3.8) is 0 Å². The number of carboxylic acid groups (broad SMARTS) is 1. The zero-order valence-electron chi connectivity index (χ0n) is 12.6. The van der Waals surface area contributed by atoms with Gasteiger partial charge in [-0.05, 0) is 18.4 Å². The molecule has 1 aromatic carbocycles. The highest BCUT2D eigenvalue weighted by Gasteiger charge is 2.29. The standard InChI is InChI=1S/C17H18N2O3S/c20-16(19-8-4-7-13(10-19)17(21)22)14-11-23-15(18-14)9-12-5-2-1-3-6-12/h1-3,5-6,11,13H,4,7-10H2,(H,21,22)/t13-/m0/s1. The molecular formula is C17H18N2O3S. The lowest BCUT2D eigenvalue weighted by molar-refractivity contribution is -0.143. The number of hydrogen-bond acceptors (Lipinski definition) is 4. The van der Waals surface area contributed by atoms with Gasteiger partial charge in [0.15, 0.2) is 0 Å². The number of aliphatic carboxylic acids is 1. The lowest BCUT2D eigenvalue weighted by atomic mass is 9.98. The molecule has 1 fully saturated rings. The highest BCUT2D eigenvalue weighted by atomic mass is 32.1. The number of amides is 1. The molecule has 5 nitrogen and oxygen atoms in total. The van der Waals surface area contributed by atoms with Gasteiger partial charge in [0.25, 0.3) is 5.91 Å². The monoisotopic (exact) mass is 330 g/mol. The summed E-state index contributed by atoms with van der Waals surface area (Å²) in [7, 11) is 0. The first kappa shape index (κ1) is 15.7. The van der Waals surface area contributed by atoms with Crippen molar-refractivity contribution in [3.8, 4) is 0 Å². The van der Waals surface area contributed by atoms with Crippen LogP contribution in [0.25, 0.3) is 0 Å². The summed E-state index contributed by atoms with van der Waals surface area (Å²) in [5, 5.41) is 11.8. The van der Waals surface area contributed by atoms with Crippen molar-refractivity contribution < 1.29 is 14.7 Å². The number of carbonyl (C=O) groups excluding carboxylic acids is 1. The van der Waals surface area contributed by atoms with E-state index in [1.54, 1.807) is 10.3 Å². The number of carbonyl (C=O) groups is 2. The van der Waals surface area contributed by atoms with Crippen molar-refractivity contribution in [1.82, 2.24) is 9.88 Å². The fraction of sp³-hybridized carbons (Fsp3) is 0.353. The Morgan fingerprint density at radius 1 is 1.30 bits per heavy atom. The van der Waals surface area contributed by atoms with Crippen molar-refractivity contribution in [2.45, 2.75) is 19.3 Å². The minimum atomic E-state index is -0.828. The van der Waals surface area contributed by atoms with Crippen molar-refractivity contribution in [2.24, 2.45) is 5.92 Å². The van der Waals surface area contributed by atoms with Crippen LogP contribution in [0.2, 0.25) is 0 Å². The predicted molar refractivity (Wildman–Crippen MR) is 87.6 cm³/mol. The smallest absolute Gasteiger partial charge is 0.308 e. The van der Waals surface area contributed by atoms with Gasteiger partial charge in [-0.1, -0.05) is 30.3 Å². The molecule has 23 heavy (non-hydrogen) atoms. The van der Waals surface area contributed by atoms with Gasteiger partial charge >= 0.3 is 5.97 Å². The number of likely N-dealkylation sites (tertiary alicyclic amines) is 1. The molecule has 1 saturated heterocycles. The van der Waals surface area contributed by atoms with E-state index in [4.69, 9.17) is 5.11 Å². The third-order valence-corrected chi connectivity index (χ3v) is 4.88. The third kappa shape index (κ3) is 3.76. The molecule has 2 heterocycles. The second-order valence-electron chi connectivity index (χ2n) is 5.72. The number of rotatable bonds is 4. The van der Waals surface area contributed by atoms with Crippen LogP contribution in [0.15, 0.2) is 35.7 Å². The zero-order chi connectivity index (χ0) is 16.2. The molecule has 0 spiro atoms. The fourth-order valence-electron chi connectivity index (χ4n) is 2.79. The quantitative estimate of drug-likeness (QED) is 0.935. The molecule has 3 rings (SSSR count). The van der Waals surface area contributed by atoms with Gasteiger partial charge in [-0.3, -0.25) is 9.59 Å². The van der Waals surface area contributed by atoms with E-state index in [-0.39, 0.29) is 12.5 Å².